The van der Waals surface area contributed by atoms with Gasteiger partial charge in [-0.25, -0.2) is 27.5 Å². The van der Waals surface area contributed by atoms with Crippen LogP contribution in [0.3, 0.4) is 0 Å². The Balaban J connectivity index is 0.000000281. The summed E-state index contributed by atoms with van der Waals surface area (Å²) in [4.78, 5) is 35.7. The normalized spacial score (nSPS) is 20.4. The number of rotatable bonds is 15. The molecule has 0 radical (unpaired) electrons. The molecule has 0 bridgehead atoms. The van der Waals surface area contributed by atoms with E-state index in [1.165, 1.54) is 87.2 Å². The largest absolute Gasteiger partial charge is 0.373 e. The maximum atomic E-state index is 14.7. The number of carbonyl (C=O) groups excluding carboxylic acids is 1. The molecular weight excluding hydrogens is 1070 g/mol. The molecule has 3 saturated carbocycles. The van der Waals surface area contributed by atoms with Crippen LogP contribution in [-0.2, 0) is 34.3 Å². The third kappa shape index (κ3) is 16.7. The molecule has 4 heterocycles. The molecule has 1 N–H and O–H groups in total. The third-order valence-corrected chi connectivity index (χ3v) is 16.6. The van der Waals surface area contributed by atoms with Crippen molar-refractivity contribution in [2.75, 3.05) is 26.3 Å². The van der Waals surface area contributed by atoms with E-state index in [9.17, 15) is 26.7 Å². The summed E-state index contributed by atoms with van der Waals surface area (Å²) in [6.45, 7) is 31.3. The van der Waals surface area contributed by atoms with Gasteiger partial charge in [0, 0.05) is 78.3 Å². The number of aromatic nitrogens is 5. The zero-order valence-corrected chi connectivity index (χ0v) is 52.4. The number of carbonyl (C=O) groups is 1. The van der Waals surface area contributed by atoms with E-state index in [-0.39, 0.29) is 53.4 Å². The number of halogens is 6. The molecule has 16 heteroatoms. The molecule has 10 nitrogen and oxygen atoms in total. The van der Waals surface area contributed by atoms with Crippen LogP contribution in [0.4, 0.5) is 22.0 Å². The number of unbranched alkanes of at least 4 members (excludes halogenated alkanes) is 2. The Hall–Kier alpha value is -4.86. The van der Waals surface area contributed by atoms with Crippen LogP contribution < -0.4 is 5.56 Å². The number of nitrogens with zero attached hydrogens (tertiary/aromatic N) is 6. The molecule has 5 unspecified atom stereocenters. The molecule has 5 atom stereocenters. The SMILES string of the molecule is CC.CC=O.CCC.CCC(=N)c1c(Cl)ccc(-n2c(C(Cc3cc(F)cc(F)c3)C(C)C)nc3nc(C4(CF)CCC(F)(F)CC4)cc(C)c3c2=O)c1C.CCCCCN1CC(C)OC(C)C1.CCn1nc(C2CC2)c2c1CC1CC21. The number of alkyl halides is 3. The molecule has 0 spiro atoms. The van der Waals surface area contributed by atoms with Crippen LogP contribution in [0.15, 0.2) is 41.2 Å². The summed E-state index contributed by atoms with van der Waals surface area (Å²) in [5.41, 5.74) is 6.00. The molecule has 3 aromatic heterocycles. The fourth-order valence-electron chi connectivity index (χ4n) is 11.9. The van der Waals surface area contributed by atoms with E-state index < -0.39 is 54.0 Å². The maximum absolute atomic E-state index is 14.7. The smallest absolute Gasteiger partial charge is 0.267 e. The Labute approximate surface area is 491 Å². The molecule has 1 aliphatic heterocycles. The van der Waals surface area contributed by atoms with Gasteiger partial charge in [-0.2, -0.15) is 5.10 Å². The minimum atomic E-state index is -2.88. The van der Waals surface area contributed by atoms with E-state index in [2.05, 4.69) is 51.1 Å². The summed E-state index contributed by atoms with van der Waals surface area (Å²) < 4.78 is 81.0. The van der Waals surface area contributed by atoms with Gasteiger partial charge in [-0.15, -0.1) is 0 Å². The van der Waals surface area contributed by atoms with Gasteiger partial charge in [0.05, 0.1) is 39.7 Å². The highest BCUT2D eigenvalue weighted by atomic mass is 35.5. The van der Waals surface area contributed by atoms with Crippen molar-refractivity contribution in [2.24, 2.45) is 11.8 Å². The molecule has 4 fully saturated rings. The second-order valence-electron chi connectivity index (χ2n) is 23.4. The van der Waals surface area contributed by atoms with E-state index in [0.29, 0.717) is 51.6 Å². The van der Waals surface area contributed by atoms with Gasteiger partial charge in [0.1, 0.15) is 30.4 Å². The van der Waals surface area contributed by atoms with Crippen LogP contribution in [0, 0.1) is 42.7 Å². The minimum Gasteiger partial charge on any atom is -0.373 e. The highest BCUT2D eigenvalue weighted by Crippen LogP contribution is 2.60. The zero-order chi connectivity index (χ0) is 60.8. The molecular formula is C66H95ClF5N7O3. The average molecular weight is 1160 g/mol. The van der Waals surface area contributed by atoms with E-state index in [1.807, 2.05) is 34.6 Å². The number of nitrogens with one attached hydrogen (secondary N) is 1. The number of fused-ring (bicyclic) bond motifs is 4. The summed E-state index contributed by atoms with van der Waals surface area (Å²) in [6.07, 6.45) is 11.8. The van der Waals surface area contributed by atoms with E-state index in [0.717, 1.165) is 49.7 Å². The predicted molar refractivity (Wildman–Crippen MR) is 325 cm³/mol. The first-order valence-corrected chi connectivity index (χ1v) is 31.0. The number of hydrogen-bond donors (Lipinski definition) is 1. The number of pyridine rings is 1. The maximum Gasteiger partial charge on any atom is 0.267 e. The minimum absolute atomic E-state index is 0.0469. The Morgan fingerprint density at radius 1 is 0.927 bits per heavy atom. The monoisotopic (exact) mass is 1160 g/mol. The zero-order valence-electron chi connectivity index (χ0n) is 51.7. The summed E-state index contributed by atoms with van der Waals surface area (Å²) in [6, 6.07) is 8.16. The van der Waals surface area contributed by atoms with Crippen LogP contribution >= 0.6 is 11.6 Å². The molecule has 2 aromatic carbocycles. The Morgan fingerprint density at radius 3 is 2.07 bits per heavy atom. The number of morpholine rings is 1. The van der Waals surface area contributed by atoms with Crippen molar-refractivity contribution in [1.82, 2.24) is 29.2 Å². The fraction of sp³-hybridized carbons (Fsp3) is 0.636. The van der Waals surface area contributed by atoms with Crippen molar-refractivity contribution < 1.29 is 31.5 Å². The molecule has 10 rings (SSSR count). The van der Waals surface area contributed by atoms with Crippen molar-refractivity contribution in [2.45, 2.75) is 235 Å². The first kappa shape index (κ1) is 67.9. The fourth-order valence-corrected chi connectivity index (χ4v) is 12.3. The van der Waals surface area contributed by atoms with E-state index in [1.54, 1.807) is 43.3 Å². The van der Waals surface area contributed by atoms with Gasteiger partial charge in [0.25, 0.3) is 5.56 Å². The van der Waals surface area contributed by atoms with Crippen molar-refractivity contribution >= 4 is 34.6 Å². The second-order valence-corrected chi connectivity index (χ2v) is 23.9. The molecule has 5 aromatic rings. The summed E-state index contributed by atoms with van der Waals surface area (Å²) in [5.74, 6) is -2.07. The topological polar surface area (TPSA) is 119 Å². The number of ether oxygens (including phenoxy) is 1. The molecule has 82 heavy (non-hydrogen) atoms. The lowest BCUT2D eigenvalue weighted by Crippen LogP contribution is -2.45. The Kier molecular flexibility index (Phi) is 25.5. The summed E-state index contributed by atoms with van der Waals surface area (Å²) in [5, 5.41) is 13.9. The molecule has 5 aliphatic rings. The lowest BCUT2D eigenvalue weighted by Gasteiger charge is -2.38. The molecule has 1 saturated heterocycles. The first-order valence-electron chi connectivity index (χ1n) is 30.6. The van der Waals surface area contributed by atoms with Crippen LogP contribution in [0.5, 0.6) is 0 Å². The average Bonchev–Trinajstić information content (AvgIpc) is 2.18. The Morgan fingerprint density at radius 2 is 1.54 bits per heavy atom. The van der Waals surface area contributed by atoms with Crippen molar-refractivity contribution in [3.05, 3.63) is 114 Å². The lowest BCUT2D eigenvalue weighted by atomic mass is 9.71. The van der Waals surface area contributed by atoms with Gasteiger partial charge >= 0.3 is 0 Å². The van der Waals surface area contributed by atoms with Gasteiger partial charge in [0.15, 0.2) is 5.65 Å². The van der Waals surface area contributed by atoms with Crippen molar-refractivity contribution in [3.8, 4) is 5.69 Å². The third-order valence-electron chi connectivity index (χ3n) is 16.3. The van der Waals surface area contributed by atoms with Crippen molar-refractivity contribution in [3.63, 3.8) is 0 Å². The van der Waals surface area contributed by atoms with Gasteiger partial charge in [-0.3, -0.25) is 23.3 Å². The highest BCUT2D eigenvalue weighted by Gasteiger charge is 2.51. The van der Waals surface area contributed by atoms with Crippen LogP contribution in [0.1, 0.15) is 229 Å². The van der Waals surface area contributed by atoms with Crippen LogP contribution in [0.2, 0.25) is 5.02 Å². The van der Waals surface area contributed by atoms with E-state index in [4.69, 9.17) is 41.6 Å². The quantitative estimate of drug-likeness (QED) is 0.0480. The second kappa shape index (κ2) is 30.8. The highest BCUT2D eigenvalue weighted by molar-refractivity contribution is 6.34. The number of hydrogen-bond acceptors (Lipinski definition) is 8. The lowest BCUT2D eigenvalue weighted by molar-refractivity contribution is -0.106. The standard InChI is InChI=1S/C36H38ClF5N4O.C12H16N2.C11H23NO.C3H8.C2H4O.C2H6/c1-6-27(43)31-21(5)28(8-7-26(31)37)46-33(25(19(2)3)16-22-14-23(39)17-24(40)15-22)45-32-30(34(46)47)20(4)13-29(44-32)35(18-38)9-11-36(41,42)12-10-35;1-2-14-10-6-8-5-9(8)11(10)12(13-14)7-3-4-7;1-4-5-6-7-12-8-10(2)13-11(3)9-12;1-3-2;1-2-3;1-2/h7-8,13-15,17,19,25,43H,6,9-12,16,18H2,1-5H3;7-9H,2-6H2,1H3;10-11H,4-9H2,1-3H3;3H2,1-2H3;2H,1H3;1-2H3. The van der Waals surface area contributed by atoms with Gasteiger partial charge in [0.2, 0.25) is 5.92 Å². The predicted octanol–water partition coefficient (Wildman–Crippen LogP) is 16.9. The molecule has 4 aliphatic carbocycles. The number of aldehydes is 1. The van der Waals surface area contributed by atoms with Gasteiger partial charge in [-0.05, 0) is 171 Å². The summed E-state index contributed by atoms with van der Waals surface area (Å²) >= 11 is 6.55. The number of aryl methyl sites for hydroxylation is 2. The van der Waals surface area contributed by atoms with Crippen molar-refractivity contribution in [1.29, 1.82) is 5.41 Å². The van der Waals surface area contributed by atoms with Gasteiger partial charge in [-0.1, -0.05) is 86.3 Å². The number of benzene rings is 2. The van der Waals surface area contributed by atoms with Gasteiger partial charge < -0.3 is 14.9 Å². The summed E-state index contributed by atoms with van der Waals surface area (Å²) in [7, 11) is 0. The van der Waals surface area contributed by atoms with Crippen LogP contribution in [0.25, 0.3) is 16.7 Å². The Bertz CT molecular complexity index is 2930. The first-order chi connectivity index (χ1) is 39.0. The van der Waals surface area contributed by atoms with E-state index >= 15 is 0 Å². The molecule has 454 valence electrons. The van der Waals surface area contributed by atoms with Crippen LogP contribution in [-0.4, -0.2) is 85.7 Å². The molecule has 0 amide bonds.